The van der Waals surface area contributed by atoms with E-state index in [1.807, 2.05) is 25.1 Å². The Balaban J connectivity index is 0.00000242. The molecular formula is C16H23IN4S. The zero-order valence-electron chi connectivity index (χ0n) is 13.4. The first-order valence-corrected chi connectivity index (χ1v) is 7.87. The second-order valence-electron chi connectivity index (χ2n) is 4.95. The second kappa shape index (κ2) is 9.09. The Bertz CT molecular complexity index is 590. The third-order valence-electron chi connectivity index (χ3n) is 3.36. The lowest BCUT2D eigenvalue weighted by Gasteiger charge is -2.17. The summed E-state index contributed by atoms with van der Waals surface area (Å²) in [5.41, 5.74) is 2.35. The predicted octanol–water partition coefficient (Wildman–Crippen LogP) is 3.80. The van der Waals surface area contributed by atoms with Crippen molar-refractivity contribution in [3.05, 3.63) is 51.5 Å². The topological polar surface area (TPSA) is 49.3 Å². The summed E-state index contributed by atoms with van der Waals surface area (Å²) >= 11 is 1.73. The van der Waals surface area contributed by atoms with Gasteiger partial charge in [-0.1, -0.05) is 30.3 Å². The number of hydrogen-bond donors (Lipinski definition) is 2. The van der Waals surface area contributed by atoms with Gasteiger partial charge in [-0.3, -0.25) is 4.99 Å². The third kappa shape index (κ3) is 5.24. The number of nitrogens with one attached hydrogen (secondary N) is 2. The number of aromatic nitrogens is 1. The molecule has 1 unspecified atom stereocenters. The van der Waals surface area contributed by atoms with Gasteiger partial charge >= 0.3 is 0 Å². The summed E-state index contributed by atoms with van der Waals surface area (Å²) in [6.45, 7) is 6.96. The smallest absolute Gasteiger partial charge is 0.191 e. The van der Waals surface area contributed by atoms with Gasteiger partial charge in [0, 0.05) is 11.9 Å². The Morgan fingerprint density at radius 2 is 1.95 bits per heavy atom. The van der Waals surface area contributed by atoms with Gasteiger partial charge in [0.25, 0.3) is 0 Å². The molecule has 2 N–H and O–H groups in total. The first-order chi connectivity index (χ1) is 10.1. The quantitative estimate of drug-likeness (QED) is 0.441. The third-order valence-corrected chi connectivity index (χ3v) is 4.43. The fourth-order valence-corrected chi connectivity index (χ4v) is 2.87. The first-order valence-electron chi connectivity index (χ1n) is 7.05. The summed E-state index contributed by atoms with van der Waals surface area (Å²) in [5, 5.41) is 7.79. The average molecular weight is 430 g/mol. The molecule has 2 aromatic rings. The van der Waals surface area contributed by atoms with Crippen LogP contribution < -0.4 is 10.6 Å². The number of nitrogens with zero attached hydrogens (tertiary/aromatic N) is 2. The Hall–Kier alpha value is -1.15. The van der Waals surface area contributed by atoms with Gasteiger partial charge < -0.3 is 10.6 Å². The van der Waals surface area contributed by atoms with Gasteiger partial charge in [-0.15, -0.1) is 35.3 Å². The maximum absolute atomic E-state index is 4.53. The summed E-state index contributed by atoms with van der Waals surface area (Å²) in [7, 11) is 1.78. The largest absolute Gasteiger partial charge is 0.350 e. The highest BCUT2D eigenvalue weighted by molar-refractivity contribution is 14.0. The number of thiazole rings is 1. The summed E-state index contributed by atoms with van der Waals surface area (Å²) in [6.07, 6.45) is 0. The van der Waals surface area contributed by atoms with Crippen molar-refractivity contribution in [2.45, 2.75) is 33.4 Å². The van der Waals surface area contributed by atoms with Crippen LogP contribution in [-0.2, 0) is 6.54 Å². The molecule has 1 atom stereocenters. The normalized spacial score (nSPS) is 12.5. The zero-order chi connectivity index (χ0) is 15.2. The van der Waals surface area contributed by atoms with E-state index < -0.39 is 0 Å². The number of aliphatic imine (C=N–C) groups is 1. The van der Waals surface area contributed by atoms with Crippen molar-refractivity contribution in [1.29, 1.82) is 0 Å². The van der Waals surface area contributed by atoms with E-state index in [2.05, 4.69) is 46.6 Å². The van der Waals surface area contributed by atoms with Crippen LogP contribution in [0.2, 0.25) is 0 Å². The molecule has 1 aromatic heterocycles. The van der Waals surface area contributed by atoms with Crippen LogP contribution in [0.3, 0.4) is 0 Å². The molecule has 0 radical (unpaired) electrons. The highest BCUT2D eigenvalue weighted by atomic mass is 127. The van der Waals surface area contributed by atoms with Crippen molar-refractivity contribution in [3.63, 3.8) is 0 Å². The lowest BCUT2D eigenvalue weighted by molar-refractivity contribution is 0.684. The van der Waals surface area contributed by atoms with Gasteiger partial charge in [0.2, 0.25) is 0 Å². The molecule has 120 valence electrons. The number of hydrogen-bond acceptors (Lipinski definition) is 3. The van der Waals surface area contributed by atoms with E-state index in [4.69, 9.17) is 0 Å². The van der Waals surface area contributed by atoms with Crippen LogP contribution in [0.15, 0.2) is 35.3 Å². The van der Waals surface area contributed by atoms with Crippen LogP contribution in [0.5, 0.6) is 0 Å². The van der Waals surface area contributed by atoms with E-state index in [0.717, 1.165) is 16.7 Å². The molecule has 0 saturated heterocycles. The molecule has 0 fully saturated rings. The first kappa shape index (κ1) is 18.9. The zero-order valence-corrected chi connectivity index (χ0v) is 16.5. The predicted molar refractivity (Wildman–Crippen MR) is 105 cm³/mol. The molecule has 0 saturated carbocycles. The molecule has 1 heterocycles. The van der Waals surface area contributed by atoms with Gasteiger partial charge in [0.05, 0.1) is 18.3 Å². The van der Waals surface area contributed by atoms with Gasteiger partial charge in [0.1, 0.15) is 5.01 Å². The molecule has 2 rings (SSSR count). The van der Waals surface area contributed by atoms with Crippen molar-refractivity contribution in [1.82, 2.24) is 15.6 Å². The van der Waals surface area contributed by atoms with Crippen LogP contribution in [-0.4, -0.2) is 18.0 Å². The van der Waals surface area contributed by atoms with E-state index in [0.29, 0.717) is 6.54 Å². The van der Waals surface area contributed by atoms with Crippen LogP contribution in [0, 0.1) is 13.8 Å². The number of aryl methyl sites for hydroxylation is 2. The van der Waals surface area contributed by atoms with Crippen molar-refractivity contribution >= 4 is 41.3 Å². The minimum absolute atomic E-state index is 0. The molecule has 0 aliphatic heterocycles. The van der Waals surface area contributed by atoms with Gasteiger partial charge in [-0.25, -0.2) is 4.98 Å². The minimum Gasteiger partial charge on any atom is -0.350 e. The van der Waals surface area contributed by atoms with E-state index >= 15 is 0 Å². The van der Waals surface area contributed by atoms with Crippen LogP contribution in [0.25, 0.3) is 0 Å². The number of benzene rings is 1. The van der Waals surface area contributed by atoms with Crippen LogP contribution in [0.1, 0.15) is 34.1 Å². The van der Waals surface area contributed by atoms with Crippen LogP contribution in [0.4, 0.5) is 0 Å². The SMILES string of the molecule is CN=C(NCc1nc(C)c(C)s1)NC(C)c1ccccc1.I. The van der Waals surface area contributed by atoms with E-state index in [1.54, 1.807) is 18.4 Å². The Morgan fingerprint density at radius 1 is 1.27 bits per heavy atom. The fourth-order valence-electron chi connectivity index (χ4n) is 2.00. The Labute approximate surface area is 153 Å². The lowest BCUT2D eigenvalue weighted by atomic mass is 10.1. The van der Waals surface area contributed by atoms with Crippen molar-refractivity contribution in [2.75, 3.05) is 7.05 Å². The number of rotatable bonds is 4. The maximum Gasteiger partial charge on any atom is 0.191 e. The van der Waals surface area contributed by atoms with E-state index in [9.17, 15) is 0 Å². The van der Waals surface area contributed by atoms with Gasteiger partial charge in [-0.2, -0.15) is 0 Å². The fraction of sp³-hybridized carbons (Fsp3) is 0.375. The Kier molecular flexibility index (Phi) is 7.81. The number of guanidine groups is 1. The molecular weight excluding hydrogens is 407 g/mol. The molecule has 22 heavy (non-hydrogen) atoms. The van der Waals surface area contributed by atoms with Crippen LogP contribution >= 0.6 is 35.3 Å². The summed E-state index contributed by atoms with van der Waals surface area (Å²) < 4.78 is 0. The van der Waals surface area contributed by atoms with Crippen molar-refractivity contribution in [3.8, 4) is 0 Å². The summed E-state index contributed by atoms with van der Waals surface area (Å²) in [4.78, 5) is 10.1. The summed E-state index contributed by atoms with van der Waals surface area (Å²) in [5.74, 6) is 0.789. The molecule has 0 aliphatic rings. The van der Waals surface area contributed by atoms with Gasteiger partial charge in [-0.05, 0) is 26.3 Å². The molecule has 6 heteroatoms. The highest BCUT2D eigenvalue weighted by Gasteiger charge is 2.08. The minimum atomic E-state index is 0. The van der Waals surface area contributed by atoms with E-state index in [-0.39, 0.29) is 30.0 Å². The van der Waals surface area contributed by atoms with Crippen molar-refractivity contribution < 1.29 is 0 Å². The lowest BCUT2D eigenvalue weighted by Crippen LogP contribution is -2.38. The standard InChI is InChI=1S/C16H22N4S.HI/c1-11-13(3)21-15(19-11)10-18-16(17-4)20-12(2)14-8-6-5-7-9-14;/h5-9,12H,10H2,1-4H3,(H2,17,18,20);1H. The molecule has 4 nitrogen and oxygen atoms in total. The monoisotopic (exact) mass is 430 g/mol. The van der Waals surface area contributed by atoms with Gasteiger partial charge in [0.15, 0.2) is 5.96 Å². The molecule has 0 amide bonds. The molecule has 1 aromatic carbocycles. The second-order valence-corrected chi connectivity index (χ2v) is 6.24. The highest BCUT2D eigenvalue weighted by Crippen LogP contribution is 2.16. The molecule has 0 aliphatic carbocycles. The van der Waals surface area contributed by atoms with E-state index in [1.165, 1.54) is 10.4 Å². The molecule has 0 bridgehead atoms. The maximum atomic E-state index is 4.53. The number of halogens is 1. The summed E-state index contributed by atoms with van der Waals surface area (Å²) in [6, 6.07) is 10.5. The molecule has 0 spiro atoms. The average Bonchev–Trinajstić information content (AvgIpc) is 2.82. The Morgan fingerprint density at radius 3 is 2.50 bits per heavy atom. The van der Waals surface area contributed by atoms with Crippen molar-refractivity contribution in [2.24, 2.45) is 4.99 Å².